The highest BCUT2D eigenvalue weighted by Crippen LogP contribution is 2.21. The second-order valence-corrected chi connectivity index (χ2v) is 9.48. The van der Waals surface area contributed by atoms with E-state index in [1.54, 1.807) is 18.2 Å². The van der Waals surface area contributed by atoms with Gasteiger partial charge in [-0.2, -0.15) is 0 Å². The first-order valence-electron chi connectivity index (χ1n) is 12.0. The summed E-state index contributed by atoms with van der Waals surface area (Å²) in [4.78, 5) is 29.7. The molecule has 2 amide bonds. The number of piperidine rings is 1. The van der Waals surface area contributed by atoms with Crippen molar-refractivity contribution >= 4 is 23.4 Å². The summed E-state index contributed by atoms with van der Waals surface area (Å²) >= 11 is 6.28. The third kappa shape index (κ3) is 5.55. The average Bonchev–Trinajstić information content (AvgIpc) is 3.49. The monoisotopic (exact) mass is 481 g/mol. The normalized spacial score (nSPS) is 14.4. The van der Waals surface area contributed by atoms with Gasteiger partial charge in [0.2, 0.25) is 0 Å². The first-order valence-corrected chi connectivity index (χ1v) is 12.4. The van der Waals surface area contributed by atoms with Gasteiger partial charge in [-0.3, -0.25) is 9.59 Å². The maximum Gasteiger partial charge on any atom is 0.289 e. The van der Waals surface area contributed by atoms with Crippen molar-refractivity contribution < 1.29 is 14.0 Å². The molecule has 1 aromatic carbocycles. The van der Waals surface area contributed by atoms with Crippen LogP contribution in [0.3, 0.4) is 0 Å². The van der Waals surface area contributed by atoms with Crippen molar-refractivity contribution in [2.24, 2.45) is 5.92 Å². The van der Waals surface area contributed by atoms with Gasteiger partial charge in [0.15, 0.2) is 5.76 Å². The molecular formula is C27H32ClN3O3. The lowest BCUT2D eigenvalue weighted by molar-refractivity contribution is 0.0662. The lowest BCUT2D eigenvalue weighted by Crippen LogP contribution is -2.37. The molecule has 6 nitrogen and oxygen atoms in total. The summed E-state index contributed by atoms with van der Waals surface area (Å²) in [7, 11) is 0. The molecular weight excluding hydrogens is 450 g/mol. The Bertz CT molecular complexity index is 1130. The fraction of sp³-hybridized carbons (Fsp3) is 0.407. The Morgan fingerprint density at radius 3 is 2.59 bits per heavy atom. The van der Waals surface area contributed by atoms with Crippen molar-refractivity contribution in [2.75, 3.05) is 19.6 Å². The summed E-state index contributed by atoms with van der Waals surface area (Å²) < 4.78 is 7.98. The van der Waals surface area contributed by atoms with Crippen LogP contribution >= 0.6 is 11.6 Å². The van der Waals surface area contributed by atoms with Crippen LogP contribution in [0.25, 0.3) is 0 Å². The second kappa shape index (κ2) is 11.0. The number of halogens is 1. The van der Waals surface area contributed by atoms with Crippen molar-refractivity contribution in [1.29, 1.82) is 0 Å². The zero-order chi connectivity index (χ0) is 24.1. The van der Waals surface area contributed by atoms with Gasteiger partial charge in [0.1, 0.15) is 5.76 Å². The number of hydrogen-bond donors (Lipinski definition) is 0. The highest BCUT2D eigenvalue weighted by atomic mass is 35.5. The van der Waals surface area contributed by atoms with Crippen LogP contribution in [0.2, 0.25) is 5.02 Å². The molecule has 1 fully saturated rings. The topological polar surface area (TPSA) is 58.7 Å². The summed E-state index contributed by atoms with van der Waals surface area (Å²) in [5.41, 5.74) is 1.50. The van der Waals surface area contributed by atoms with Gasteiger partial charge < -0.3 is 18.8 Å². The van der Waals surface area contributed by atoms with Crippen LogP contribution in [0.4, 0.5) is 0 Å². The summed E-state index contributed by atoms with van der Waals surface area (Å²) in [6, 6.07) is 14.7. The summed E-state index contributed by atoms with van der Waals surface area (Å²) in [5, 5.41) is 0.458. The zero-order valence-corrected chi connectivity index (χ0v) is 20.6. The van der Waals surface area contributed by atoms with Crippen molar-refractivity contribution in [2.45, 2.75) is 46.2 Å². The van der Waals surface area contributed by atoms with Gasteiger partial charge in [-0.15, -0.1) is 0 Å². The van der Waals surface area contributed by atoms with E-state index in [-0.39, 0.29) is 11.8 Å². The molecule has 2 aromatic heterocycles. The largest absolute Gasteiger partial charge is 0.454 e. The van der Waals surface area contributed by atoms with E-state index in [1.165, 1.54) is 0 Å². The predicted octanol–water partition coefficient (Wildman–Crippen LogP) is 5.71. The van der Waals surface area contributed by atoms with E-state index in [2.05, 4.69) is 18.4 Å². The highest BCUT2D eigenvalue weighted by Gasteiger charge is 2.24. The Kier molecular flexibility index (Phi) is 7.78. The number of likely N-dealkylation sites (tertiary alicyclic amines) is 1. The van der Waals surface area contributed by atoms with Crippen LogP contribution in [0, 0.1) is 5.92 Å². The van der Waals surface area contributed by atoms with Crippen molar-refractivity contribution in [3.8, 4) is 0 Å². The maximum atomic E-state index is 13.2. The van der Waals surface area contributed by atoms with E-state index < -0.39 is 0 Å². The summed E-state index contributed by atoms with van der Waals surface area (Å²) in [6.07, 6.45) is 4.88. The lowest BCUT2D eigenvalue weighted by Gasteiger charge is -2.29. The number of carbonyl (C=O) groups is 2. The number of benzene rings is 1. The quantitative estimate of drug-likeness (QED) is 0.414. The molecule has 1 saturated heterocycles. The maximum absolute atomic E-state index is 13.2. The van der Waals surface area contributed by atoms with Crippen LogP contribution in [-0.4, -0.2) is 45.8 Å². The van der Waals surface area contributed by atoms with E-state index in [0.717, 1.165) is 38.0 Å². The van der Waals surface area contributed by atoms with Gasteiger partial charge >= 0.3 is 0 Å². The first-order chi connectivity index (χ1) is 16.5. The van der Waals surface area contributed by atoms with Crippen molar-refractivity contribution in [3.63, 3.8) is 0 Å². The smallest absolute Gasteiger partial charge is 0.289 e. The molecule has 1 aliphatic rings. The van der Waals surface area contributed by atoms with Gasteiger partial charge in [-0.05, 0) is 61.6 Å². The Hall–Kier alpha value is -2.99. The fourth-order valence-corrected chi connectivity index (χ4v) is 4.60. The SMILES string of the molecule is CCCN(Cc1cccn1Cc1ccc(C(=O)N2CCC(C)CC2)o1)C(=O)c1ccccc1Cl. The minimum absolute atomic E-state index is 0.0367. The standard InChI is InChI=1S/C27H32ClN3O3/c1-3-14-31(26(32)23-8-4-5-9-24(23)28)18-21-7-6-15-30(21)19-22-10-11-25(34-22)27(33)29-16-12-20(2)13-17-29/h4-11,15,20H,3,12-14,16-19H2,1-2H3. The number of nitrogens with zero attached hydrogens (tertiary/aromatic N) is 3. The zero-order valence-electron chi connectivity index (χ0n) is 19.9. The number of rotatable bonds is 8. The Morgan fingerprint density at radius 2 is 1.85 bits per heavy atom. The summed E-state index contributed by atoms with van der Waals surface area (Å²) in [5.74, 6) is 1.65. The van der Waals surface area contributed by atoms with Gasteiger partial charge in [0.05, 0.1) is 23.7 Å². The first kappa shape index (κ1) is 24.1. The molecule has 3 heterocycles. The molecule has 0 spiro atoms. The number of furan rings is 1. The molecule has 0 bridgehead atoms. The van der Waals surface area contributed by atoms with E-state index in [9.17, 15) is 9.59 Å². The second-order valence-electron chi connectivity index (χ2n) is 9.07. The van der Waals surface area contributed by atoms with Gasteiger partial charge in [0, 0.05) is 31.5 Å². The third-order valence-corrected chi connectivity index (χ3v) is 6.76. The number of amides is 2. The number of aromatic nitrogens is 1. The number of hydrogen-bond acceptors (Lipinski definition) is 3. The molecule has 0 saturated carbocycles. The van der Waals surface area contributed by atoms with E-state index in [1.807, 2.05) is 46.3 Å². The molecule has 0 N–H and O–H groups in total. The molecule has 0 radical (unpaired) electrons. The van der Waals surface area contributed by atoms with Crippen LogP contribution in [-0.2, 0) is 13.1 Å². The summed E-state index contributed by atoms with van der Waals surface area (Å²) in [6.45, 7) is 7.43. The molecule has 0 atom stereocenters. The van der Waals surface area contributed by atoms with Crippen LogP contribution in [0.15, 0.2) is 59.1 Å². The Morgan fingerprint density at radius 1 is 1.09 bits per heavy atom. The number of carbonyl (C=O) groups excluding carboxylic acids is 2. The van der Waals surface area contributed by atoms with Crippen LogP contribution < -0.4 is 0 Å². The van der Waals surface area contributed by atoms with E-state index in [4.69, 9.17) is 16.0 Å². The molecule has 34 heavy (non-hydrogen) atoms. The lowest BCUT2D eigenvalue weighted by atomic mass is 9.99. The Balaban J connectivity index is 1.45. The van der Waals surface area contributed by atoms with Crippen molar-refractivity contribution in [1.82, 2.24) is 14.4 Å². The van der Waals surface area contributed by atoms with Crippen molar-refractivity contribution in [3.05, 3.63) is 82.5 Å². The Labute approximate surface area is 206 Å². The minimum Gasteiger partial charge on any atom is -0.454 e. The van der Waals surface area contributed by atoms with E-state index >= 15 is 0 Å². The highest BCUT2D eigenvalue weighted by molar-refractivity contribution is 6.33. The van der Waals surface area contributed by atoms with Gasteiger partial charge in [0.25, 0.3) is 11.8 Å². The third-order valence-electron chi connectivity index (χ3n) is 6.43. The van der Waals surface area contributed by atoms with Crippen LogP contribution in [0.5, 0.6) is 0 Å². The molecule has 3 aromatic rings. The fourth-order valence-electron chi connectivity index (χ4n) is 4.38. The van der Waals surface area contributed by atoms with E-state index in [0.29, 0.717) is 47.7 Å². The predicted molar refractivity (Wildman–Crippen MR) is 133 cm³/mol. The molecule has 180 valence electrons. The van der Waals surface area contributed by atoms with Gasteiger partial charge in [-0.25, -0.2) is 0 Å². The molecule has 1 aliphatic heterocycles. The minimum atomic E-state index is -0.0815. The average molecular weight is 482 g/mol. The van der Waals surface area contributed by atoms with Gasteiger partial charge in [-0.1, -0.05) is 37.6 Å². The molecule has 0 aliphatic carbocycles. The molecule has 7 heteroatoms. The molecule has 4 rings (SSSR count). The van der Waals surface area contributed by atoms with Crippen LogP contribution in [0.1, 0.15) is 65.5 Å². The molecule has 0 unspecified atom stereocenters.